The van der Waals surface area contributed by atoms with Crippen molar-refractivity contribution in [1.29, 1.82) is 0 Å². The molecule has 0 spiro atoms. The number of ether oxygens (including phenoxy) is 1. The Bertz CT molecular complexity index is 99.3. The average molecular weight is 184 g/mol. The fraction of sp³-hybridized carbons (Fsp3) is 0.833. The van der Waals surface area contributed by atoms with Crippen LogP contribution in [0.5, 0.6) is 0 Å². The Morgan fingerprint density at radius 2 is 1.69 bits per heavy atom. The summed E-state index contributed by atoms with van der Waals surface area (Å²) in [5.41, 5.74) is 0. The largest absolute Gasteiger partial charge is 0.381 e. The van der Waals surface area contributed by atoms with Crippen molar-refractivity contribution in [2.75, 3.05) is 13.2 Å². The van der Waals surface area contributed by atoms with E-state index in [1.165, 1.54) is 38.5 Å². The molecule has 0 amide bonds. The van der Waals surface area contributed by atoms with Gasteiger partial charge >= 0.3 is 0 Å². The molecular weight excluding hydrogens is 160 g/mol. The molecular formula is C12H24O. The lowest BCUT2D eigenvalue weighted by molar-refractivity contribution is 0.126. The van der Waals surface area contributed by atoms with Gasteiger partial charge in [0.15, 0.2) is 0 Å². The molecule has 0 N–H and O–H groups in total. The van der Waals surface area contributed by atoms with Gasteiger partial charge < -0.3 is 4.74 Å². The maximum atomic E-state index is 5.49. The van der Waals surface area contributed by atoms with Crippen LogP contribution in [-0.2, 0) is 4.74 Å². The van der Waals surface area contributed by atoms with E-state index in [0.29, 0.717) is 0 Å². The number of unbranched alkanes of at least 4 members (excludes halogenated alkanes) is 5. The predicted octanol–water partition coefficient (Wildman–Crippen LogP) is 3.94. The van der Waals surface area contributed by atoms with Gasteiger partial charge in [0.1, 0.15) is 0 Å². The lowest BCUT2D eigenvalue weighted by Crippen LogP contribution is -1.96. The molecule has 0 bridgehead atoms. The van der Waals surface area contributed by atoms with Gasteiger partial charge in [-0.3, -0.25) is 0 Å². The van der Waals surface area contributed by atoms with Crippen LogP contribution in [0.3, 0.4) is 0 Å². The summed E-state index contributed by atoms with van der Waals surface area (Å²) in [6.45, 7) is 7.80. The van der Waals surface area contributed by atoms with Crippen LogP contribution in [0, 0.1) is 0 Å². The summed E-state index contributed by atoms with van der Waals surface area (Å²) in [5, 5.41) is 0. The summed E-state index contributed by atoms with van der Waals surface area (Å²) < 4.78 is 5.49. The fourth-order valence-corrected chi connectivity index (χ4v) is 1.23. The lowest BCUT2D eigenvalue weighted by atomic mass is 10.2. The van der Waals surface area contributed by atoms with Gasteiger partial charge in [0.05, 0.1) is 0 Å². The van der Waals surface area contributed by atoms with Crippen LogP contribution < -0.4 is 0 Å². The van der Waals surface area contributed by atoms with Crippen molar-refractivity contribution in [2.24, 2.45) is 0 Å². The summed E-state index contributed by atoms with van der Waals surface area (Å²) in [7, 11) is 0. The molecule has 1 nitrogen and oxygen atoms in total. The number of hydrogen-bond acceptors (Lipinski definition) is 1. The Hall–Kier alpha value is -0.300. The summed E-state index contributed by atoms with van der Waals surface area (Å²) in [6, 6.07) is 0. The van der Waals surface area contributed by atoms with Crippen LogP contribution in [0.15, 0.2) is 12.7 Å². The van der Waals surface area contributed by atoms with Gasteiger partial charge in [-0.2, -0.15) is 0 Å². The molecule has 0 radical (unpaired) electrons. The zero-order valence-corrected chi connectivity index (χ0v) is 9.06. The Labute approximate surface area is 83.2 Å². The van der Waals surface area contributed by atoms with Gasteiger partial charge in [0.25, 0.3) is 0 Å². The maximum absolute atomic E-state index is 5.49. The van der Waals surface area contributed by atoms with E-state index in [1.807, 2.05) is 6.08 Å². The third-order valence-corrected chi connectivity index (χ3v) is 2.09. The van der Waals surface area contributed by atoms with Crippen LogP contribution in [0.1, 0.15) is 51.9 Å². The van der Waals surface area contributed by atoms with Gasteiger partial charge in [-0.15, -0.1) is 6.58 Å². The minimum absolute atomic E-state index is 0.931. The monoisotopic (exact) mass is 184 g/mol. The van der Waals surface area contributed by atoms with Crippen LogP contribution in [0.25, 0.3) is 0 Å². The highest BCUT2D eigenvalue weighted by Gasteiger charge is 1.89. The second-order valence-electron chi connectivity index (χ2n) is 3.46. The molecule has 0 atom stereocenters. The number of hydrogen-bond donors (Lipinski definition) is 0. The SMILES string of the molecule is C=CCCCCOCCCCCC. The zero-order valence-electron chi connectivity index (χ0n) is 9.06. The second kappa shape index (κ2) is 11.7. The second-order valence-corrected chi connectivity index (χ2v) is 3.46. The van der Waals surface area contributed by atoms with Crippen molar-refractivity contribution in [3.8, 4) is 0 Å². The molecule has 0 heterocycles. The topological polar surface area (TPSA) is 9.23 Å². The fourth-order valence-electron chi connectivity index (χ4n) is 1.23. The van der Waals surface area contributed by atoms with Crippen LogP contribution in [0.2, 0.25) is 0 Å². The van der Waals surface area contributed by atoms with E-state index in [0.717, 1.165) is 19.6 Å². The summed E-state index contributed by atoms with van der Waals surface area (Å²) >= 11 is 0. The molecule has 78 valence electrons. The van der Waals surface area contributed by atoms with Gasteiger partial charge in [-0.1, -0.05) is 32.3 Å². The molecule has 13 heavy (non-hydrogen) atoms. The molecule has 0 unspecified atom stereocenters. The highest BCUT2D eigenvalue weighted by molar-refractivity contribution is 4.65. The third-order valence-electron chi connectivity index (χ3n) is 2.09. The average Bonchev–Trinajstić information content (AvgIpc) is 2.16. The van der Waals surface area contributed by atoms with Crippen LogP contribution >= 0.6 is 0 Å². The van der Waals surface area contributed by atoms with E-state index in [1.54, 1.807) is 0 Å². The van der Waals surface area contributed by atoms with E-state index in [4.69, 9.17) is 4.74 Å². The molecule has 0 aromatic carbocycles. The van der Waals surface area contributed by atoms with Gasteiger partial charge in [-0.05, 0) is 25.7 Å². The van der Waals surface area contributed by atoms with Crippen LogP contribution in [-0.4, -0.2) is 13.2 Å². The third kappa shape index (κ3) is 11.7. The first-order valence-electron chi connectivity index (χ1n) is 5.60. The van der Waals surface area contributed by atoms with Crippen molar-refractivity contribution in [3.63, 3.8) is 0 Å². The molecule has 0 aliphatic rings. The predicted molar refractivity (Wildman–Crippen MR) is 59.0 cm³/mol. The quantitative estimate of drug-likeness (QED) is 0.369. The molecule has 0 saturated heterocycles. The van der Waals surface area contributed by atoms with Crippen molar-refractivity contribution in [1.82, 2.24) is 0 Å². The molecule has 0 aromatic rings. The van der Waals surface area contributed by atoms with Crippen molar-refractivity contribution < 1.29 is 4.74 Å². The van der Waals surface area contributed by atoms with Crippen molar-refractivity contribution in [3.05, 3.63) is 12.7 Å². The summed E-state index contributed by atoms with van der Waals surface area (Å²) in [4.78, 5) is 0. The minimum atomic E-state index is 0.931. The van der Waals surface area contributed by atoms with Crippen LogP contribution in [0.4, 0.5) is 0 Å². The molecule has 0 aromatic heterocycles. The van der Waals surface area contributed by atoms with E-state index in [9.17, 15) is 0 Å². The maximum Gasteiger partial charge on any atom is 0.0466 e. The molecule has 0 saturated carbocycles. The highest BCUT2D eigenvalue weighted by Crippen LogP contribution is 2.00. The lowest BCUT2D eigenvalue weighted by Gasteiger charge is -2.02. The zero-order chi connectivity index (χ0) is 9.78. The highest BCUT2D eigenvalue weighted by atomic mass is 16.5. The van der Waals surface area contributed by atoms with E-state index >= 15 is 0 Å². The van der Waals surface area contributed by atoms with Gasteiger partial charge in [0.2, 0.25) is 0 Å². The first-order valence-corrected chi connectivity index (χ1v) is 5.60. The first kappa shape index (κ1) is 12.7. The van der Waals surface area contributed by atoms with E-state index in [-0.39, 0.29) is 0 Å². The van der Waals surface area contributed by atoms with Gasteiger partial charge in [0, 0.05) is 13.2 Å². The number of rotatable bonds is 10. The molecule has 0 aliphatic carbocycles. The molecule has 0 rings (SSSR count). The number of allylic oxidation sites excluding steroid dienone is 1. The summed E-state index contributed by atoms with van der Waals surface area (Å²) in [5.74, 6) is 0. The normalized spacial score (nSPS) is 10.2. The molecule has 1 heteroatoms. The minimum Gasteiger partial charge on any atom is -0.381 e. The summed E-state index contributed by atoms with van der Waals surface area (Å²) in [6.07, 6.45) is 10.7. The van der Waals surface area contributed by atoms with E-state index in [2.05, 4.69) is 13.5 Å². The Morgan fingerprint density at radius 3 is 2.31 bits per heavy atom. The van der Waals surface area contributed by atoms with E-state index < -0.39 is 0 Å². The Balaban J connectivity index is 2.79. The Kier molecular flexibility index (Phi) is 11.4. The smallest absolute Gasteiger partial charge is 0.0466 e. The first-order chi connectivity index (χ1) is 6.41. The molecule has 0 fully saturated rings. The Morgan fingerprint density at radius 1 is 1.00 bits per heavy atom. The van der Waals surface area contributed by atoms with Gasteiger partial charge in [-0.25, -0.2) is 0 Å². The molecule has 0 aliphatic heterocycles. The standard InChI is InChI=1S/C12H24O/c1-3-5-7-9-11-13-12-10-8-6-4-2/h3H,1,4-12H2,2H3. The van der Waals surface area contributed by atoms with Crippen molar-refractivity contribution >= 4 is 0 Å². The van der Waals surface area contributed by atoms with Crippen molar-refractivity contribution in [2.45, 2.75) is 51.9 Å².